The highest BCUT2D eigenvalue weighted by Gasteiger charge is 2.24. The number of ketones is 1. The van der Waals surface area contributed by atoms with Crippen LogP contribution >= 0.6 is 0 Å². The summed E-state index contributed by atoms with van der Waals surface area (Å²) in [5.41, 5.74) is 3.58. The zero-order valence-corrected chi connectivity index (χ0v) is 19.6. The van der Waals surface area contributed by atoms with Gasteiger partial charge in [-0.2, -0.15) is 0 Å². The summed E-state index contributed by atoms with van der Waals surface area (Å²) >= 11 is 0. The molecule has 0 amide bonds. The number of benzene rings is 4. The highest BCUT2D eigenvalue weighted by molar-refractivity contribution is 6.00. The Morgan fingerprint density at radius 1 is 0.743 bits per heavy atom. The van der Waals surface area contributed by atoms with Crippen molar-refractivity contribution >= 4 is 5.78 Å². The monoisotopic (exact) mass is 468 g/mol. The Hall–Kier alpha value is -4.25. The van der Waals surface area contributed by atoms with Crippen molar-refractivity contribution in [2.75, 3.05) is 7.11 Å². The van der Waals surface area contributed by atoms with E-state index in [0.717, 1.165) is 5.56 Å². The number of ether oxygens (including phenoxy) is 1. The first-order chi connectivity index (χ1) is 17.0. The van der Waals surface area contributed by atoms with Crippen molar-refractivity contribution in [2.24, 2.45) is 0 Å². The van der Waals surface area contributed by atoms with E-state index in [4.69, 9.17) is 4.74 Å². The minimum absolute atomic E-state index is 0.0204. The summed E-state index contributed by atoms with van der Waals surface area (Å²) in [5, 5.41) is 31.9. The lowest BCUT2D eigenvalue weighted by atomic mass is 9.91. The Morgan fingerprint density at radius 3 is 1.91 bits per heavy atom. The fourth-order valence-corrected chi connectivity index (χ4v) is 4.26. The molecule has 4 aromatic rings. The lowest BCUT2D eigenvalue weighted by Crippen LogP contribution is -2.09. The number of para-hydroxylation sites is 2. The van der Waals surface area contributed by atoms with Gasteiger partial charge in [0.05, 0.1) is 12.7 Å². The number of Topliss-reactive ketones (excluding diaryl/α,β-unsaturated/α-hetero) is 1. The lowest BCUT2D eigenvalue weighted by molar-refractivity contribution is 0.0979. The fraction of sp³-hybridized carbons (Fsp3) is 0.167. The summed E-state index contributed by atoms with van der Waals surface area (Å²) in [4.78, 5) is 13.4. The zero-order valence-electron chi connectivity index (χ0n) is 19.6. The zero-order chi connectivity index (χ0) is 24.8. The number of hydrogen-bond acceptors (Lipinski definition) is 5. The number of aromatic hydroxyl groups is 3. The third-order valence-electron chi connectivity index (χ3n) is 6.15. The van der Waals surface area contributed by atoms with Crippen molar-refractivity contribution in [3.8, 4) is 23.0 Å². The molecular weight excluding hydrogens is 440 g/mol. The molecule has 0 radical (unpaired) electrons. The van der Waals surface area contributed by atoms with Crippen LogP contribution < -0.4 is 4.74 Å². The van der Waals surface area contributed by atoms with Gasteiger partial charge in [0, 0.05) is 24.8 Å². The number of aryl methyl sites for hydroxylation is 1. The van der Waals surface area contributed by atoms with Crippen molar-refractivity contribution in [3.05, 3.63) is 118 Å². The summed E-state index contributed by atoms with van der Waals surface area (Å²) in [7, 11) is 1.47. The summed E-state index contributed by atoms with van der Waals surface area (Å²) in [6, 6.07) is 25.2. The molecular formula is C30H28O5. The Kier molecular flexibility index (Phi) is 7.36. The van der Waals surface area contributed by atoms with E-state index >= 15 is 0 Å². The van der Waals surface area contributed by atoms with Crippen LogP contribution in [0, 0.1) is 0 Å². The second-order valence-electron chi connectivity index (χ2n) is 8.46. The third kappa shape index (κ3) is 5.46. The normalized spacial score (nSPS) is 10.8. The molecule has 5 heteroatoms. The predicted molar refractivity (Wildman–Crippen MR) is 136 cm³/mol. The molecule has 0 aliphatic rings. The Balaban J connectivity index is 1.78. The van der Waals surface area contributed by atoms with Crippen LogP contribution in [-0.2, 0) is 19.3 Å². The number of rotatable bonds is 9. The number of phenolic OH excluding ortho intramolecular Hbond substituents is 3. The molecule has 0 spiro atoms. The highest BCUT2D eigenvalue weighted by Crippen LogP contribution is 2.40. The number of phenols is 3. The molecule has 0 fully saturated rings. The Labute approximate surface area is 204 Å². The molecule has 0 bridgehead atoms. The maximum Gasteiger partial charge on any atom is 0.166 e. The van der Waals surface area contributed by atoms with Gasteiger partial charge in [0.1, 0.15) is 23.0 Å². The molecule has 0 aliphatic carbocycles. The van der Waals surface area contributed by atoms with Crippen molar-refractivity contribution in [1.29, 1.82) is 0 Å². The number of carbonyl (C=O) groups is 1. The van der Waals surface area contributed by atoms with Crippen molar-refractivity contribution in [2.45, 2.75) is 25.7 Å². The maximum atomic E-state index is 13.4. The van der Waals surface area contributed by atoms with Gasteiger partial charge < -0.3 is 20.1 Å². The third-order valence-corrected chi connectivity index (χ3v) is 6.15. The van der Waals surface area contributed by atoms with Gasteiger partial charge >= 0.3 is 0 Å². The molecule has 0 saturated heterocycles. The van der Waals surface area contributed by atoms with E-state index < -0.39 is 0 Å². The smallest absolute Gasteiger partial charge is 0.166 e. The van der Waals surface area contributed by atoms with Gasteiger partial charge in [0.25, 0.3) is 0 Å². The van der Waals surface area contributed by atoms with Crippen LogP contribution in [0.1, 0.15) is 44.6 Å². The van der Waals surface area contributed by atoms with Crippen LogP contribution in [0.15, 0.2) is 84.9 Å². The molecule has 178 valence electrons. The van der Waals surface area contributed by atoms with E-state index in [1.807, 2.05) is 36.4 Å². The van der Waals surface area contributed by atoms with E-state index in [0.29, 0.717) is 40.0 Å². The first-order valence-corrected chi connectivity index (χ1v) is 11.5. The summed E-state index contributed by atoms with van der Waals surface area (Å²) < 4.78 is 5.66. The molecule has 0 heterocycles. The SMILES string of the molecule is COc1c(C(=O)CCc2ccccc2)cc(Cc2ccccc2O)c(O)c1Cc1ccccc1O. The molecule has 0 atom stereocenters. The van der Waals surface area contributed by atoms with E-state index in [9.17, 15) is 20.1 Å². The van der Waals surface area contributed by atoms with Crippen molar-refractivity contribution < 1.29 is 24.9 Å². The molecule has 0 saturated carbocycles. The minimum Gasteiger partial charge on any atom is -0.508 e. The molecule has 4 aromatic carbocycles. The first-order valence-electron chi connectivity index (χ1n) is 11.5. The van der Waals surface area contributed by atoms with Gasteiger partial charge in [-0.25, -0.2) is 0 Å². The second-order valence-corrected chi connectivity index (χ2v) is 8.46. The molecule has 3 N–H and O–H groups in total. The predicted octanol–water partition coefficient (Wildman–Crippen LogP) is 5.81. The molecule has 0 unspecified atom stereocenters. The van der Waals surface area contributed by atoms with Crippen LogP contribution in [0.5, 0.6) is 23.0 Å². The van der Waals surface area contributed by atoms with Crippen LogP contribution in [0.4, 0.5) is 0 Å². The van der Waals surface area contributed by atoms with Crippen LogP contribution in [0.3, 0.4) is 0 Å². The Morgan fingerprint density at radius 2 is 1.31 bits per heavy atom. The van der Waals surface area contributed by atoms with Gasteiger partial charge in [-0.05, 0) is 46.9 Å². The number of carbonyl (C=O) groups excluding carboxylic acids is 1. The average Bonchev–Trinajstić information content (AvgIpc) is 2.88. The van der Waals surface area contributed by atoms with Crippen molar-refractivity contribution in [1.82, 2.24) is 0 Å². The van der Waals surface area contributed by atoms with Gasteiger partial charge in [-0.15, -0.1) is 0 Å². The number of methoxy groups -OCH3 is 1. The summed E-state index contributed by atoms with van der Waals surface area (Å²) in [6.07, 6.45) is 1.26. The van der Waals surface area contributed by atoms with Crippen LogP contribution in [-0.4, -0.2) is 28.2 Å². The average molecular weight is 469 g/mol. The molecule has 0 aromatic heterocycles. The molecule has 35 heavy (non-hydrogen) atoms. The van der Waals surface area contributed by atoms with E-state index in [-0.39, 0.29) is 42.3 Å². The van der Waals surface area contributed by atoms with E-state index in [2.05, 4.69) is 0 Å². The topological polar surface area (TPSA) is 87.0 Å². The van der Waals surface area contributed by atoms with Crippen LogP contribution in [0.2, 0.25) is 0 Å². The van der Waals surface area contributed by atoms with E-state index in [1.54, 1.807) is 48.5 Å². The van der Waals surface area contributed by atoms with Gasteiger partial charge in [-0.1, -0.05) is 66.7 Å². The highest BCUT2D eigenvalue weighted by atomic mass is 16.5. The van der Waals surface area contributed by atoms with Gasteiger partial charge in [0.2, 0.25) is 0 Å². The Bertz CT molecular complexity index is 1330. The maximum absolute atomic E-state index is 13.4. The van der Waals surface area contributed by atoms with Crippen molar-refractivity contribution in [3.63, 3.8) is 0 Å². The van der Waals surface area contributed by atoms with Gasteiger partial charge in [0.15, 0.2) is 5.78 Å². The van der Waals surface area contributed by atoms with Crippen LogP contribution in [0.25, 0.3) is 0 Å². The lowest BCUT2D eigenvalue weighted by Gasteiger charge is -2.19. The minimum atomic E-state index is -0.109. The summed E-state index contributed by atoms with van der Waals surface area (Å²) in [5.74, 6) is 0.375. The number of hydrogen-bond donors (Lipinski definition) is 3. The summed E-state index contributed by atoms with van der Waals surface area (Å²) in [6.45, 7) is 0. The van der Waals surface area contributed by atoms with Gasteiger partial charge in [-0.3, -0.25) is 4.79 Å². The largest absolute Gasteiger partial charge is 0.508 e. The van der Waals surface area contributed by atoms with E-state index in [1.165, 1.54) is 7.11 Å². The molecule has 0 aliphatic heterocycles. The molecule has 4 rings (SSSR count). The first kappa shape index (κ1) is 23.9. The molecule has 5 nitrogen and oxygen atoms in total. The quantitative estimate of drug-likeness (QED) is 0.270. The fourth-order valence-electron chi connectivity index (χ4n) is 4.26. The second kappa shape index (κ2) is 10.8. The standard InChI is InChI=1S/C30H28O5/c1-35-30-24(28(33)16-15-20-9-3-2-4-10-20)19-23(17-21-11-5-7-13-26(21)31)29(34)25(30)18-22-12-6-8-14-27(22)32/h2-14,19,31-32,34H,15-18H2,1H3.